The molecule has 0 amide bonds. The Morgan fingerprint density at radius 2 is 0.895 bits per heavy atom. The highest BCUT2D eigenvalue weighted by Crippen LogP contribution is 2.41. The minimum absolute atomic E-state index is 0.709. The van der Waals surface area contributed by atoms with Gasteiger partial charge in [-0.15, -0.1) is 22.7 Å². The summed E-state index contributed by atoms with van der Waals surface area (Å²) in [5, 5.41) is 5.16. The number of aromatic nitrogens is 3. The lowest BCUT2D eigenvalue weighted by atomic mass is 9.93. The normalized spacial score (nSPS) is 11.6. The van der Waals surface area contributed by atoms with E-state index in [9.17, 15) is 0 Å². The van der Waals surface area contributed by atoms with Gasteiger partial charge < -0.3 is 0 Å². The van der Waals surface area contributed by atoms with Crippen molar-refractivity contribution in [1.29, 1.82) is 0 Å². The number of hydrogen-bond acceptors (Lipinski definition) is 5. The van der Waals surface area contributed by atoms with E-state index < -0.39 is 0 Å². The Balaban J connectivity index is 1.12. The molecule has 4 aromatic heterocycles. The monoisotopic (exact) mass is 763 g/mol. The predicted octanol–water partition coefficient (Wildman–Crippen LogP) is 14.9. The summed E-state index contributed by atoms with van der Waals surface area (Å²) in [6.45, 7) is 2.13. The molecule has 11 rings (SSSR count). The van der Waals surface area contributed by atoms with E-state index in [0.717, 1.165) is 55.9 Å². The van der Waals surface area contributed by atoms with Crippen molar-refractivity contribution >= 4 is 63.0 Å². The van der Waals surface area contributed by atoms with Crippen LogP contribution >= 0.6 is 22.7 Å². The van der Waals surface area contributed by atoms with E-state index in [1.807, 2.05) is 34.9 Å². The molecular weight excluding hydrogens is 731 g/mol. The molecule has 0 atom stereocenters. The minimum atomic E-state index is 0.709. The van der Waals surface area contributed by atoms with E-state index in [1.54, 1.807) is 6.20 Å². The predicted molar refractivity (Wildman–Crippen MR) is 243 cm³/mol. The Morgan fingerprint density at radius 1 is 0.368 bits per heavy atom. The van der Waals surface area contributed by atoms with Crippen molar-refractivity contribution in [1.82, 2.24) is 15.0 Å². The molecule has 5 heteroatoms. The Hall–Kier alpha value is -6.79. The van der Waals surface area contributed by atoms with Crippen LogP contribution in [0.2, 0.25) is 0 Å². The molecule has 0 saturated heterocycles. The van der Waals surface area contributed by atoms with Gasteiger partial charge in [0.15, 0.2) is 5.82 Å². The lowest BCUT2D eigenvalue weighted by molar-refractivity contribution is 1.17. The summed E-state index contributed by atoms with van der Waals surface area (Å²) in [5.41, 5.74) is 12.8. The molecule has 0 aliphatic rings. The summed E-state index contributed by atoms with van der Waals surface area (Å²) in [6.07, 6.45) is 3.70. The molecule has 57 heavy (non-hydrogen) atoms. The van der Waals surface area contributed by atoms with Crippen LogP contribution in [0.5, 0.6) is 0 Å². The van der Waals surface area contributed by atoms with Crippen molar-refractivity contribution < 1.29 is 0 Å². The molecule has 0 aliphatic heterocycles. The molecule has 3 nitrogen and oxygen atoms in total. The maximum Gasteiger partial charge on any atom is 0.160 e. The fourth-order valence-electron chi connectivity index (χ4n) is 7.97. The van der Waals surface area contributed by atoms with E-state index in [-0.39, 0.29) is 0 Å². The van der Waals surface area contributed by atoms with Crippen LogP contribution < -0.4 is 0 Å². The Kier molecular flexibility index (Phi) is 8.09. The first kappa shape index (κ1) is 33.5. The molecule has 0 radical (unpaired) electrons. The minimum Gasteiger partial charge on any atom is -0.264 e. The molecule has 0 bridgehead atoms. The van der Waals surface area contributed by atoms with E-state index in [2.05, 4.69) is 176 Å². The standard InChI is InChI=1S/C52H33N3S2/c1-32-9-2-3-11-41(32)52-54-46(34-18-16-33(17-19-34)37-10-8-24-53-31-37)30-47(55-52)40-26-38(35-20-22-50-44(28-35)42-12-4-6-14-48(42)56-50)25-39(27-40)36-21-23-51-45(29-36)43-13-5-7-15-49(43)57-51/h2-31H,1H3. The van der Waals surface area contributed by atoms with Crippen molar-refractivity contribution in [2.45, 2.75) is 6.92 Å². The molecular formula is C52H33N3S2. The molecule has 0 saturated carbocycles. The van der Waals surface area contributed by atoms with Crippen LogP contribution in [0.4, 0.5) is 0 Å². The smallest absolute Gasteiger partial charge is 0.160 e. The third-order valence-electron chi connectivity index (χ3n) is 10.9. The third kappa shape index (κ3) is 6.09. The van der Waals surface area contributed by atoms with Gasteiger partial charge in [-0.1, -0.05) is 103 Å². The number of rotatable bonds is 6. The lowest BCUT2D eigenvalue weighted by Crippen LogP contribution is -1.98. The number of hydrogen-bond donors (Lipinski definition) is 0. The Bertz CT molecular complexity index is 3170. The highest BCUT2D eigenvalue weighted by atomic mass is 32.1. The zero-order chi connectivity index (χ0) is 37.9. The molecule has 4 heterocycles. The SMILES string of the molecule is Cc1ccccc1-c1nc(-c2ccc(-c3cccnc3)cc2)cc(-c2cc(-c3ccc4sc5ccccc5c4c3)cc(-c3ccc4sc5ccccc5c4c3)c2)n1. The zero-order valence-corrected chi connectivity index (χ0v) is 32.6. The summed E-state index contributed by atoms with van der Waals surface area (Å²) in [5.74, 6) is 0.709. The molecule has 0 aliphatic carbocycles. The molecule has 11 aromatic rings. The molecule has 0 unspecified atom stereocenters. The average molecular weight is 764 g/mol. The molecule has 268 valence electrons. The van der Waals surface area contributed by atoms with Crippen LogP contribution in [0, 0.1) is 6.92 Å². The first-order valence-electron chi connectivity index (χ1n) is 19.1. The fourth-order valence-corrected chi connectivity index (χ4v) is 10.1. The van der Waals surface area contributed by atoms with E-state index in [1.165, 1.54) is 51.5 Å². The van der Waals surface area contributed by atoms with Crippen LogP contribution in [0.25, 0.3) is 108 Å². The van der Waals surface area contributed by atoms with Gasteiger partial charge in [0.05, 0.1) is 11.4 Å². The maximum atomic E-state index is 5.34. The van der Waals surface area contributed by atoms with Gasteiger partial charge in [0.2, 0.25) is 0 Å². The average Bonchev–Trinajstić information content (AvgIpc) is 3.84. The summed E-state index contributed by atoms with van der Waals surface area (Å²) >= 11 is 3.70. The molecule has 0 N–H and O–H groups in total. The number of nitrogens with zero attached hydrogens (tertiary/aromatic N) is 3. The van der Waals surface area contributed by atoms with Crippen LogP contribution in [-0.2, 0) is 0 Å². The summed E-state index contributed by atoms with van der Waals surface area (Å²) in [6, 6.07) is 61.4. The second-order valence-electron chi connectivity index (χ2n) is 14.5. The van der Waals surface area contributed by atoms with Gasteiger partial charge in [-0.2, -0.15) is 0 Å². The Labute approximate surface area is 338 Å². The highest BCUT2D eigenvalue weighted by Gasteiger charge is 2.16. The van der Waals surface area contributed by atoms with Crippen molar-refractivity contribution in [3.63, 3.8) is 0 Å². The van der Waals surface area contributed by atoms with E-state index >= 15 is 0 Å². The number of fused-ring (bicyclic) bond motifs is 6. The van der Waals surface area contributed by atoms with Gasteiger partial charge in [-0.3, -0.25) is 4.98 Å². The van der Waals surface area contributed by atoms with Crippen molar-refractivity contribution in [3.8, 4) is 67.3 Å². The molecule has 7 aromatic carbocycles. The maximum absolute atomic E-state index is 5.34. The van der Waals surface area contributed by atoms with Gasteiger partial charge in [0.25, 0.3) is 0 Å². The number of benzene rings is 7. The lowest BCUT2D eigenvalue weighted by Gasteiger charge is -2.14. The van der Waals surface area contributed by atoms with Crippen LogP contribution in [0.15, 0.2) is 182 Å². The molecule has 0 fully saturated rings. The van der Waals surface area contributed by atoms with Gasteiger partial charge in [-0.05, 0) is 113 Å². The highest BCUT2D eigenvalue weighted by molar-refractivity contribution is 7.26. The van der Waals surface area contributed by atoms with E-state index in [4.69, 9.17) is 9.97 Å². The van der Waals surface area contributed by atoms with Crippen molar-refractivity contribution in [2.24, 2.45) is 0 Å². The Morgan fingerprint density at radius 3 is 1.51 bits per heavy atom. The van der Waals surface area contributed by atoms with Crippen molar-refractivity contribution in [2.75, 3.05) is 0 Å². The summed E-state index contributed by atoms with van der Waals surface area (Å²) in [4.78, 5) is 14.9. The fraction of sp³-hybridized carbons (Fsp3) is 0.0192. The topological polar surface area (TPSA) is 38.7 Å². The summed E-state index contributed by atoms with van der Waals surface area (Å²) in [7, 11) is 0. The largest absolute Gasteiger partial charge is 0.264 e. The zero-order valence-electron chi connectivity index (χ0n) is 31.0. The van der Waals surface area contributed by atoms with Crippen molar-refractivity contribution in [3.05, 3.63) is 188 Å². The van der Waals surface area contributed by atoms with Gasteiger partial charge in [0.1, 0.15) is 0 Å². The quantitative estimate of drug-likeness (QED) is 0.169. The third-order valence-corrected chi connectivity index (χ3v) is 13.2. The van der Waals surface area contributed by atoms with Crippen LogP contribution in [0.1, 0.15) is 5.56 Å². The number of thiophene rings is 2. The van der Waals surface area contributed by atoms with Crippen LogP contribution in [-0.4, -0.2) is 15.0 Å². The summed E-state index contributed by atoms with van der Waals surface area (Å²) < 4.78 is 5.20. The van der Waals surface area contributed by atoms with Gasteiger partial charge in [0, 0.05) is 69.4 Å². The first-order chi connectivity index (χ1) is 28.1. The van der Waals surface area contributed by atoms with Gasteiger partial charge in [-0.25, -0.2) is 9.97 Å². The number of aryl methyl sites for hydroxylation is 1. The van der Waals surface area contributed by atoms with E-state index in [0.29, 0.717) is 5.82 Å². The second kappa shape index (κ2) is 13.7. The van der Waals surface area contributed by atoms with Gasteiger partial charge >= 0.3 is 0 Å². The first-order valence-corrected chi connectivity index (χ1v) is 20.7. The second-order valence-corrected chi connectivity index (χ2v) is 16.7. The molecule has 0 spiro atoms. The number of pyridine rings is 1. The van der Waals surface area contributed by atoms with Crippen LogP contribution in [0.3, 0.4) is 0 Å².